The van der Waals surface area contributed by atoms with Crippen molar-refractivity contribution in [2.75, 3.05) is 39.3 Å². The van der Waals surface area contributed by atoms with Crippen molar-refractivity contribution in [2.45, 2.75) is 13.3 Å². The molecule has 0 aliphatic carbocycles. The summed E-state index contributed by atoms with van der Waals surface area (Å²) in [5.74, 6) is 0.0544. The standard InChI is InChI=1S/C14H21N3O2/c1-2-13-4-3-12(11-15-13)14(19)17-7-5-16(6-8-17)9-10-18/h3-4,11,18H,2,5-10H2,1H3. The lowest BCUT2D eigenvalue weighted by atomic mass is 10.2. The van der Waals surface area contributed by atoms with Crippen LogP contribution in [0.4, 0.5) is 0 Å². The maximum absolute atomic E-state index is 12.3. The Morgan fingerprint density at radius 1 is 1.32 bits per heavy atom. The number of aliphatic hydroxyl groups excluding tert-OH is 1. The van der Waals surface area contributed by atoms with Gasteiger partial charge in [0, 0.05) is 44.6 Å². The van der Waals surface area contributed by atoms with Gasteiger partial charge in [-0.2, -0.15) is 0 Å². The van der Waals surface area contributed by atoms with E-state index in [1.807, 2.05) is 24.0 Å². The molecule has 1 N–H and O–H groups in total. The number of carbonyl (C=O) groups excluding carboxylic acids is 1. The second-order valence-corrected chi connectivity index (χ2v) is 4.75. The van der Waals surface area contributed by atoms with Crippen molar-refractivity contribution in [1.29, 1.82) is 0 Å². The van der Waals surface area contributed by atoms with Crippen molar-refractivity contribution in [3.8, 4) is 0 Å². The zero-order valence-electron chi connectivity index (χ0n) is 11.4. The third-order valence-corrected chi connectivity index (χ3v) is 3.51. The molecule has 2 heterocycles. The van der Waals surface area contributed by atoms with Crippen molar-refractivity contribution >= 4 is 5.91 Å². The number of carbonyl (C=O) groups is 1. The lowest BCUT2D eigenvalue weighted by Crippen LogP contribution is -2.49. The first-order chi connectivity index (χ1) is 9.24. The minimum Gasteiger partial charge on any atom is -0.395 e. The maximum atomic E-state index is 12.3. The summed E-state index contributed by atoms with van der Waals surface area (Å²) in [7, 11) is 0. The average Bonchev–Trinajstić information content (AvgIpc) is 2.48. The van der Waals surface area contributed by atoms with Gasteiger partial charge in [0.1, 0.15) is 0 Å². The maximum Gasteiger partial charge on any atom is 0.255 e. The lowest BCUT2D eigenvalue weighted by molar-refractivity contribution is 0.0614. The predicted molar refractivity (Wildman–Crippen MR) is 73.0 cm³/mol. The summed E-state index contributed by atoms with van der Waals surface area (Å²) in [5, 5.41) is 8.89. The van der Waals surface area contributed by atoms with E-state index in [2.05, 4.69) is 9.88 Å². The van der Waals surface area contributed by atoms with Crippen LogP contribution in [0.1, 0.15) is 23.0 Å². The molecule has 1 aromatic rings. The highest BCUT2D eigenvalue weighted by atomic mass is 16.3. The van der Waals surface area contributed by atoms with E-state index < -0.39 is 0 Å². The van der Waals surface area contributed by atoms with Crippen molar-refractivity contribution < 1.29 is 9.90 Å². The molecule has 5 heteroatoms. The van der Waals surface area contributed by atoms with Crippen molar-refractivity contribution in [1.82, 2.24) is 14.8 Å². The first kappa shape index (κ1) is 14.0. The molecule has 0 unspecified atom stereocenters. The topological polar surface area (TPSA) is 56.7 Å². The van der Waals surface area contributed by atoms with Crippen LogP contribution in [0.2, 0.25) is 0 Å². The first-order valence-electron chi connectivity index (χ1n) is 6.82. The Morgan fingerprint density at radius 3 is 2.58 bits per heavy atom. The Hall–Kier alpha value is -1.46. The van der Waals surface area contributed by atoms with Crippen LogP contribution in [0.15, 0.2) is 18.3 Å². The van der Waals surface area contributed by atoms with E-state index in [1.165, 1.54) is 0 Å². The predicted octanol–water partition coefficient (Wildman–Crippen LogP) is 0.394. The molecule has 104 valence electrons. The first-order valence-corrected chi connectivity index (χ1v) is 6.82. The van der Waals surface area contributed by atoms with Gasteiger partial charge in [-0.15, -0.1) is 0 Å². The van der Waals surface area contributed by atoms with Gasteiger partial charge in [-0.05, 0) is 18.6 Å². The fourth-order valence-corrected chi connectivity index (χ4v) is 2.26. The van der Waals surface area contributed by atoms with Crippen LogP contribution >= 0.6 is 0 Å². The summed E-state index contributed by atoms with van der Waals surface area (Å²) >= 11 is 0. The Morgan fingerprint density at radius 2 is 2.05 bits per heavy atom. The number of hydrogen-bond donors (Lipinski definition) is 1. The van der Waals surface area contributed by atoms with Gasteiger partial charge in [-0.25, -0.2) is 0 Å². The molecule has 1 saturated heterocycles. The summed E-state index contributed by atoms with van der Waals surface area (Å²) in [6, 6.07) is 3.77. The van der Waals surface area contributed by atoms with Crippen LogP contribution in [0.3, 0.4) is 0 Å². The van der Waals surface area contributed by atoms with Crippen LogP contribution in [-0.2, 0) is 6.42 Å². The Kier molecular flexibility index (Phi) is 4.87. The number of rotatable bonds is 4. The summed E-state index contributed by atoms with van der Waals surface area (Å²) in [6.45, 7) is 6.00. The molecule has 1 aromatic heterocycles. The fourth-order valence-electron chi connectivity index (χ4n) is 2.26. The Labute approximate surface area is 113 Å². The SMILES string of the molecule is CCc1ccc(C(=O)N2CCN(CCO)CC2)cn1. The average molecular weight is 263 g/mol. The molecule has 0 aromatic carbocycles. The fraction of sp³-hybridized carbons (Fsp3) is 0.571. The van der Waals surface area contributed by atoms with Crippen LogP contribution in [0, 0.1) is 0 Å². The largest absolute Gasteiger partial charge is 0.395 e. The lowest BCUT2D eigenvalue weighted by Gasteiger charge is -2.34. The molecular formula is C14H21N3O2. The molecule has 0 radical (unpaired) electrons. The van der Waals surface area contributed by atoms with Gasteiger partial charge in [0.15, 0.2) is 0 Å². The number of aryl methyl sites for hydroxylation is 1. The molecule has 1 aliphatic rings. The molecule has 1 fully saturated rings. The van der Waals surface area contributed by atoms with Gasteiger partial charge < -0.3 is 10.0 Å². The quantitative estimate of drug-likeness (QED) is 0.854. The molecule has 0 bridgehead atoms. The van der Waals surface area contributed by atoms with Crippen LogP contribution in [-0.4, -0.2) is 65.1 Å². The highest BCUT2D eigenvalue weighted by Gasteiger charge is 2.21. The highest BCUT2D eigenvalue weighted by molar-refractivity contribution is 5.94. The van der Waals surface area contributed by atoms with Crippen molar-refractivity contribution in [3.05, 3.63) is 29.6 Å². The number of aromatic nitrogens is 1. The van der Waals surface area contributed by atoms with E-state index in [-0.39, 0.29) is 12.5 Å². The smallest absolute Gasteiger partial charge is 0.255 e. The van der Waals surface area contributed by atoms with Gasteiger partial charge in [-0.3, -0.25) is 14.7 Å². The van der Waals surface area contributed by atoms with Gasteiger partial charge in [0.25, 0.3) is 5.91 Å². The highest BCUT2D eigenvalue weighted by Crippen LogP contribution is 2.09. The molecule has 0 atom stereocenters. The molecule has 1 aliphatic heterocycles. The van der Waals surface area contributed by atoms with E-state index in [0.29, 0.717) is 25.2 Å². The normalized spacial score (nSPS) is 16.6. The number of aliphatic hydroxyl groups is 1. The number of piperazine rings is 1. The Bertz CT molecular complexity index is 411. The van der Waals surface area contributed by atoms with Gasteiger partial charge in [-0.1, -0.05) is 6.92 Å². The van der Waals surface area contributed by atoms with Crippen LogP contribution < -0.4 is 0 Å². The second kappa shape index (κ2) is 6.63. The third kappa shape index (κ3) is 3.52. The van der Waals surface area contributed by atoms with Crippen LogP contribution in [0.5, 0.6) is 0 Å². The minimum absolute atomic E-state index is 0.0544. The molecular weight excluding hydrogens is 242 g/mol. The van der Waals surface area contributed by atoms with Gasteiger partial charge in [0.2, 0.25) is 0 Å². The molecule has 2 rings (SSSR count). The van der Waals surface area contributed by atoms with Gasteiger partial charge in [0.05, 0.1) is 12.2 Å². The monoisotopic (exact) mass is 263 g/mol. The molecule has 1 amide bonds. The van der Waals surface area contributed by atoms with Crippen LogP contribution in [0.25, 0.3) is 0 Å². The van der Waals surface area contributed by atoms with E-state index in [1.54, 1.807) is 6.20 Å². The van der Waals surface area contributed by atoms with Crippen molar-refractivity contribution in [2.24, 2.45) is 0 Å². The third-order valence-electron chi connectivity index (χ3n) is 3.51. The summed E-state index contributed by atoms with van der Waals surface area (Å²) in [6.07, 6.45) is 2.55. The summed E-state index contributed by atoms with van der Waals surface area (Å²) < 4.78 is 0. The molecule has 0 saturated carbocycles. The molecule has 0 spiro atoms. The van der Waals surface area contributed by atoms with E-state index in [9.17, 15) is 4.79 Å². The number of pyridine rings is 1. The zero-order chi connectivity index (χ0) is 13.7. The minimum atomic E-state index is 0.0544. The zero-order valence-corrected chi connectivity index (χ0v) is 11.4. The second-order valence-electron chi connectivity index (χ2n) is 4.75. The van der Waals surface area contributed by atoms with Crippen molar-refractivity contribution in [3.63, 3.8) is 0 Å². The number of hydrogen-bond acceptors (Lipinski definition) is 4. The summed E-state index contributed by atoms with van der Waals surface area (Å²) in [5.41, 5.74) is 1.66. The molecule has 5 nitrogen and oxygen atoms in total. The Balaban J connectivity index is 1.93. The number of β-amino-alcohol motifs (C(OH)–C–C–N with tert-alkyl or cyclic N) is 1. The molecule has 19 heavy (non-hydrogen) atoms. The van der Waals surface area contributed by atoms with E-state index in [4.69, 9.17) is 5.11 Å². The van der Waals surface area contributed by atoms with E-state index in [0.717, 1.165) is 25.2 Å². The summed E-state index contributed by atoms with van der Waals surface area (Å²) in [4.78, 5) is 20.6. The van der Waals surface area contributed by atoms with Gasteiger partial charge >= 0.3 is 0 Å². The number of nitrogens with zero attached hydrogens (tertiary/aromatic N) is 3. The number of amides is 1. The van der Waals surface area contributed by atoms with E-state index >= 15 is 0 Å².